The van der Waals surface area contributed by atoms with Gasteiger partial charge in [-0.15, -0.1) is 0 Å². The summed E-state index contributed by atoms with van der Waals surface area (Å²) in [5.74, 6) is 0.0301. The van der Waals surface area contributed by atoms with Gasteiger partial charge in [0.2, 0.25) is 11.8 Å². The number of carbonyl (C=O) groups is 2. The van der Waals surface area contributed by atoms with Crippen LogP contribution in [0.2, 0.25) is 0 Å². The van der Waals surface area contributed by atoms with Crippen molar-refractivity contribution in [2.24, 2.45) is 5.92 Å². The average molecular weight is 585 g/mol. The molecule has 1 aromatic heterocycles. The molecule has 230 valence electrons. The molecule has 2 fully saturated rings. The van der Waals surface area contributed by atoms with E-state index in [1.54, 1.807) is 12.0 Å². The zero-order chi connectivity index (χ0) is 30.3. The molecule has 1 aliphatic carbocycles. The minimum absolute atomic E-state index is 0.0352. The Morgan fingerprint density at radius 2 is 1.76 bits per heavy atom. The molecular weight excluding hydrogens is 539 g/mol. The quantitative estimate of drug-likeness (QED) is 0.401. The highest BCUT2D eigenvalue weighted by molar-refractivity contribution is 5.95. The topological polar surface area (TPSA) is 84.4 Å². The summed E-state index contributed by atoms with van der Waals surface area (Å²) in [5, 5.41) is 0. The molecule has 2 heterocycles. The number of carbonyl (C=O) groups excluding carboxylic acids is 2. The Hall–Kier alpha value is -3.24. The molecule has 2 aromatic rings. The zero-order valence-corrected chi connectivity index (χ0v) is 25.6. The van der Waals surface area contributed by atoms with Gasteiger partial charge < -0.3 is 24.0 Å². The second kappa shape index (κ2) is 14.3. The van der Waals surface area contributed by atoms with Crippen molar-refractivity contribution < 1.29 is 28.2 Å². The molecule has 9 nitrogen and oxygen atoms in total. The first-order valence-electron chi connectivity index (χ1n) is 14.9. The van der Waals surface area contributed by atoms with E-state index >= 15 is 0 Å². The fourth-order valence-corrected chi connectivity index (χ4v) is 5.48. The van der Waals surface area contributed by atoms with E-state index in [2.05, 4.69) is 28.9 Å². The fraction of sp³-hybridized carbons (Fsp3) is 0.594. The minimum Gasteiger partial charge on any atom is -0.474 e. The molecule has 10 heteroatoms. The van der Waals surface area contributed by atoms with Gasteiger partial charge in [-0.05, 0) is 82.7 Å². The van der Waals surface area contributed by atoms with Gasteiger partial charge in [-0.25, -0.2) is 14.2 Å². The number of aromatic nitrogens is 1. The number of hydrogen-bond acceptors (Lipinski definition) is 7. The number of hydrogen-bond donors (Lipinski definition) is 0. The van der Waals surface area contributed by atoms with Crippen molar-refractivity contribution in [3.05, 3.63) is 53.5 Å². The highest BCUT2D eigenvalue weighted by Crippen LogP contribution is 2.31. The summed E-state index contributed by atoms with van der Waals surface area (Å²) in [6.45, 7) is 12.3. The number of anilines is 1. The Morgan fingerprint density at radius 1 is 1.05 bits per heavy atom. The summed E-state index contributed by atoms with van der Waals surface area (Å²) in [4.78, 5) is 36.1. The van der Waals surface area contributed by atoms with Gasteiger partial charge in [0.05, 0.1) is 12.8 Å². The van der Waals surface area contributed by atoms with Crippen LogP contribution in [0.3, 0.4) is 0 Å². The molecule has 1 aliphatic heterocycles. The van der Waals surface area contributed by atoms with E-state index in [4.69, 9.17) is 14.2 Å². The molecule has 0 unspecified atom stereocenters. The number of amides is 2. The molecule has 2 amide bonds. The number of methoxy groups -OCH3 is 1. The molecule has 4 rings (SSSR count). The molecule has 0 atom stereocenters. The molecule has 1 saturated carbocycles. The van der Waals surface area contributed by atoms with E-state index in [0.29, 0.717) is 32.1 Å². The lowest BCUT2D eigenvalue weighted by molar-refractivity contribution is -0.124. The smallest absolute Gasteiger partial charge is 0.410 e. The largest absolute Gasteiger partial charge is 0.474 e. The second-order valence-corrected chi connectivity index (χ2v) is 12.2. The fourth-order valence-electron chi connectivity index (χ4n) is 5.48. The van der Waals surface area contributed by atoms with Crippen LogP contribution in [0.4, 0.5) is 14.9 Å². The number of aryl methyl sites for hydroxylation is 1. The van der Waals surface area contributed by atoms with Gasteiger partial charge in [-0.1, -0.05) is 6.07 Å². The first kappa shape index (κ1) is 31.7. The third-order valence-electron chi connectivity index (χ3n) is 7.85. The van der Waals surface area contributed by atoms with Crippen molar-refractivity contribution in [2.45, 2.75) is 71.6 Å². The highest BCUT2D eigenvalue weighted by Gasteiger charge is 2.31. The number of halogens is 1. The van der Waals surface area contributed by atoms with E-state index in [9.17, 15) is 14.0 Å². The van der Waals surface area contributed by atoms with Crippen molar-refractivity contribution in [1.82, 2.24) is 14.8 Å². The van der Waals surface area contributed by atoms with E-state index in [1.165, 1.54) is 17.7 Å². The standard InChI is InChI=1S/C32H45FN4O5/c1-23-20-27(10-6-25(23)22-35-14-16-36(17-15-35)31(39)42-32(2,3)4)37(18-19-40-5)30(38)24-7-11-28(12-8-24)41-29-13-9-26(33)21-34-29/h6,9-10,13,20-21,24,28H,7-8,11-12,14-19,22H2,1-5H3/t24-,28-. The number of pyridine rings is 1. The van der Waals surface area contributed by atoms with Crippen molar-refractivity contribution >= 4 is 17.7 Å². The van der Waals surface area contributed by atoms with Crippen LogP contribution in [-0.2, 0) is 20.8 Å². The van der Waals surface area contributed by atoms with E-state index in [1.807, 2.05) is 31.7 Å². The summed E-state index contributed by atoms with van der Waals surface area (Å²) >= 11 is 0. The number of benzene rings is 1. The van der Waals surface area contributed by atoms with Crippen LogP contribution in [0.1, 0.15) is 57.6 Å². The molecule has 1 aromatic carbocycles. The molecule has 0 bridgehead atoms. The molecule has 0 N–H and O–H groups in total. The summed E-state index contributed by atoms with van der Waals surface area (Å²) in [5.41, 5.74) is 2.71. The van der Waals surface area contributed by atoms with Crippen LogP contribution in [0.5, 0.6) is 5.88 Å². The highest BCUT2D eigenvalue weighted by atomic mass is 19.1. The lowest BCUT2D eigenvalue weighted by Crippen LogP contribution is -2.49. The van der Waals surface area contributed by atoms with Crippen LogP contribution >= 0.6 is 0 Å². The van der Waals surface area contributed by atoms with Gasteiger partial charge in [-0.3, -0.25) is 9.69 Å². The van der Waals surface area contributed by atoms with Crippen molar-refractivity contribution in [1.29, 1.82) is 0 Å². The van der Waals surface area contributed by atoms with Gasteiger partial charge >= 0.3 is 6.09 Å². The minimum atomic E-state index is -0.498. The van der Waals surface area contributed by atoms with Crippen LogP contribution < -0.4 is 9.64 Å². The number of ether oxygens (including phenoxy) is 3. The summed E-state index contributed by atoms with van der Waals surface area (Å²) in [7, 11) is 1.64. The molecular formula is C32H45FN4O5. The monoisotopic (exact) mass is 584 g/mol. The lowest BCUT2D eigenvalue weighted by Gasteiger charge is -2.36. The average Bonchev–Trinajstić information content (AvgIpc) is 2.95. The van der Waals surface area contributed by atoms with Gasteiger partial charge in [-0.2, -0.15) is 0 Å². The lowest BCUT2D eigenvalue weighted by atomic mass is 9.86. The van der Waals surface area contributed by atoms with Gasteiger partial charge in [0.25, 0.3) is 0 Å². The maximum Gasteiger partial charge on any atom is 0.410 e. The van der Waals surface area contributed by atoms with Gasteiger partial charge in [0.1, 0.15) is 17.5 Å². The SMILES string of the molecule is COCCN(c1ccc(CN2CCN(C(=O)OC(C)(C)C)CC2)c(C)c1)C(=O)[C@H]1CC[C@H](Oc2ccc(F)cn2)CC1. The number of piperazine rings is 1. The Morgan fingerprint density at radius 3 is 2.36 bits per heavy atom. The normalized spacial score (nSPS) is 19.8. The van der Waals surface area contributed by atoms with Crippen LogP contribution in [0.15, 0.2) is 36.5 Å². The van der Waals surface area contributed by atoms with Crippen LogP contribution in [-0.4, -0.2) is 84.9 Å². The van der Waals surface area contributed by atoms with Crippen LogP contribution in [0.25, 0.3) is 0 Å². The van der Waals surface area contributed by atoms with Crippen molar-refractivity contribution in [3.63, 3.8) is 0 Å². The zero-order valence-electron chi connectivity index (χ0n) is 25.6. The third-order valence-corrected chi connectivity index (χ3v) is 7.85. The number of rotatable bonds is 9. The maximum atomic E-state index is 13.7. The predicted octanol–water partition coefficient (Wildman–Crippen LogP) is 5.20. The van der Waals surface area contributed by atoms with Crippen molar-refractivity contribution in [2.75, 3.05) is 51.3 Å². The Bertz CT molecular complexity index is 1190. The van der Waals surface area contributed by atoms with E-state index in [-0.39, 0.29) is 24.0 Å². The Labute approximate surface area is 248 Å². The Kier molecular flexibility index (Phi) is 10.8. The van der Waals surface area contributed by atoms with Crippen molar-refractivity contribution in [3.8, 4) is 5.88 Å². The van der Waals surface area contributed by atoms with Crippen LogP contribution in [0, 0.1) is 18.7 Å². The molecule has 2 aliphatic rings. The van der Waals surface area contributed by atoms with Gasteiger partial charge in [0, 0.05) is 64.0 Å². The summed E-state index contributed by atoms with van der Waals surface area (Å²) < 4.78 is 29.9. The summed E-state index contributed by atoms with van der Waals surface area (Å²) in [6, 6.07) is 9.11. The first-order valence-corrected chi connectivity index (χ1v) is 14.9. The predicted molar refractivity (Wildman–Crippen MR) is 159 cm³/mol. The van der Waals surface area contributed by atoms with Gasteiger partial charge in [0.15, 0.2) is 0 Å². The van der Waals surface area contributed by atoms with E-state index < -0.39 is 11.4 Å². The first-order chi connectivity index (χ1) is 20.0. The maximum absolute atomic E-state index is 13.7. The molecule has 1 saturated heterocycles. The molecule has 42 heavy (non-hydrogen) atoms. The molecule has 0 spiro atoms. The van der Waals surface area contributed by atoms with E-state index in [0.717, 1.165) is 62.8 Å². The third kappa shape index (κ3) is 8.88. The molecule has 0 radical (unpaired) electrons. The Balaban J connectivity index is 1.33. The summed E-state index contributed by atoms with van der Waals surface area (Å²) in [6.07, 6.45) is 3.79. The number of nitrogens with zero attached hydrogens (tertiary/aromatic N) is 4. The second-order valence-electron chi connectivity index (χ2n) is 12.2.